The molecule has 2 N–H and O–H groups in total. The zero-order chi connectivity index (χ0) is 13.8. The first kappa shape index (κ1) is 15.2. The largest absolute Gasteiger partial charge is 0.396 e. The predicted molar refractivity (Wildman–Crippen MR) is 75.2 cm³/mol. The van der Waals surface area contributed by atoms with Crippen LogP contribution in [0.3, 0.4) is 0 Å². The van der Waals surface area contributed by atoms with Gasteiger partial charge in [0.05, 0.1) is 0 Å². The van der Waals surface area contributed by atoms with Gasteiger partial charge in [0.2, 0.25) is 0 Å². The summed E-state index contributed by atoms with van der Waals surface area (Å²) in [6.45, 7) is 8.21. The fraction of sp³-hybridized carbons (Fsp3) is 0.692. The Morgan fingerprint density at radius 3 is 2.50 bits per heavy atom. The number of aromatic nitrogens is 2. The van der Waals surface area contributed by atoms with Crippen molar-refractivity contribution in [3.63, 3.8) is 0 Å². The van der Waals surface area contributed by atoms with Crippen LogP contribution in [0.4, 0.5) is 5.82 Å². The van der Waals surface area contributed by atoms with Gasteiger partial charge < -0.3 is 10.4 Å². The highest BCUT2D eigenvalue weighted by molar-refractivity contribution is 6.30. The molecular formula is C13H22ClN3O. The molecule has 0 aliphatic heterocycles. The van der Waals surface area contributed by atoms with Gasteiger partial charge in [0.25, 0.3) is 0 Å². The average molecular weight is 272 g/mol. The van der Waals surface area contributed by atoms with E-state index in [-0.39, 0.29) is 12.1 Å². The molecule has 0 aliphatic carbocycles. The van der Waals surface area contributed by atoms with E-state index < -0.39 is 0 Å². The second-order valence-corrected chi connectivity index (χ2v) is 5.13. The van der Waals surface area contributed by atoms with E-state index in [4.69, 9.17) is 16.7 Å². The van der Waals surface area contributed by atoms with Crippen molar-refractivity contribution in [1.29, 1.82) is 0 Å². The molecule has 1 atom stereocenters. The number of rotatable bonds is 6. The van der Waals surface area contributed by atoms with Crippen LogP contribution in [0.25, 0.3) is 0 Å². The number of nitrogens with one attached hydrogen (secondary N) is 1. The summed E-state index contributed by atoms with van der Waals surface area (Å²) < 4.78 is 0. The lowest BCUT2D eigenvalue weighted by Gasteiger charge is -2.30. The quantitative estimate of drug-likeness (QED) is 0.781. The Labute approximate surface area is 114 Å². The van der Waals surface area contributed by atoms with Gasteiger partial charge >= 0.3 is 0 Å². The van der Waals surface area contributed by atoms with Crippen LogP contribution in [0.15, 0.2) is 0 Å². The van der Waals surface area contributed by atoms with Gasteiger partial charge in [-0.2, -0.15) is 0 Å². The van der Waals surface area contributed by atoms with E-state index in [0.717, 1.165) is 30.0 Å². The Bertz CT molecular complexity index is 411. The lowest BCUT2D eigenvalue weighted by atomic mass is 9.95. The molecule has 1 aromatic rings. The standard InChI is InChI=1S/C13H22ClN3O/c1-5-10-15-11(14)9(3)12(16-10)17-13(4,6-2)7-8-18/h18H,5-8H2,1-4H3,(H,15,16,17). The second-order valence-electron chi connectivity index (χ2n) is 4.77. The van der Waals surface area contributed by atoms with E-state index >= 15 is 0 Å². The molecule has 0 aromatic carbocycles. The van der Waals surface area contributed by atoms with E-state index in [1.165, 1.54) is 0 Å². The Kier molecular flexibility index (Phi) is 5.35. The minimum Gasteiger partial charge on any atom is -0.396 e. The van der Waals surface area contributed by atoms with Crippen LogP contribution in [0.2, 0.25) is 5.15 Å². The smallest absolute Gasteiger partial charge is 0.137 e. The van der Waals surface area contributed by atoms with E-state index in [1.54, 1.807) is 0 Å². The summed E-state index contributed by atoms with van der Waals surface area (Å²) in [5.74, 6) is 1.50. The second kappa shape index (κ2) is 6.34. The zero-order valence-corrected chi connectivity index (χ0v) is 12.3. The monoisotopic (exact) mass is 271 g/mol. The Morgan fingerprint density at radius 1 is 1.33 bits per heavy atom. The van der Waals surface area contributed by atoms with Crippen molar-refractivity contribution in [2.24, 2.45) is 0 Å². The number of aliphatic hydroxyl groups is 1. The summed E-state index contributed by atoms with van der Waals surface area (Å²) in [6.07, 6.45) is 2.32. The molecule has 102 valence electrons. The minimum absolute atomic E-state index is 0.149. The molecule has 0 amide bonds. The average Bonchev–Trinajstić information content (AvgIpc) is 2.35. The highest BCUT2D eigenvalue weighted by Gasteiger charge is 2.23. The molecule has 5 heteroatoms. The molecule has 1 heterocycles. The molecule has 0 spiro atoms. The summed E-state index contributed by atoms with van der Waals surface area (Å²) >= 11 is 6.11. The fourth-order valence-corrected chi connectivity index (χ4v) is 1.86. The van der Waals surface area contributed by atoms with Crippen LogP contribution in [0, 0.1) is 6.92 Å². The number of hydrogen-bond acceptors (Lipinski definition) is 4. The number of aryl methyl sites for hydroxylation is 1. The molecule has 0 saturated carbocycles. The molecule has 1 unspecified atom stereocenters. The number of hydrogen-bond donors (Lipinski definition) is 2. The van der Waals surface area contributed by atoms with E-state index in [9.17, 15) is 0 Å². The van der Waals surface area contributed by atoms with Crippen LogP contribution in [-0.4, -0.2) is 27.2 Å². The van der Waals surface area contributed by atoms with Gasteiger partial charge in [0.1, 0.15) is 16.8 Å². The molecule has 0 bridgehead atoms. The number of halogens is 1. The van der Waals surface area contributed by atoms with Gasteiger partial charge in [-0.15, -0.1) is 0 Å². The first-order valence-electron chi connectivity index (χ1n) is 6.37. The van der Waals surface area contributed by atoms with Crippen molar-refractivity contribution >= 4 is 17.4 Å². The molecule has 0 aliphatic rings. The minimum atomic E-state index is -0.178. The van der Waals surface area contributed by atoms with Crippen molar-refractivity contribution < 1.29 is 5.11 Å². The van der Waals surface area contributed by atoms with Gasteiger partial charge in [0, 0.05) is 24.1 Å². The van der Waals surface area contributed by atoms with E-state index in [2.05, 4.69) is 29.1 Å². The summed E-state index contributed by atoms with van der Waals surface area (Å²) in [4.78, 5) is 8.70. The Morgan fingerprint density at radius 2 is 2.00 bits per heavy atom. The van der Waals surface area contributed by atoms with Crippen molar-refractivity contribution in [2.45, 2.75) is 52.5 Å². The maximum Gasteiger partial charge on any atom is 0.137 e. The molecular weight excluding hydrogens is 250 g/mol. The SMILES string of the molecule is CCc1nc(Cl)c(C)c(NC(C)(CC)CCO)n1. The summed E-state index contributed by atoms with van der Waals surface area (Å²) in [6, 6.07) is 0. The molecule has 18 heavy (non-hydrogen) atoms. The normalized spacial score (nSPS) is 14.3. The summed E-state index contributed by atoms with van der Waals surface area (Å²) in [7, 11) is 0. The Hall–Kier alpha value is -0.870. The number of anilines is 1. The molecule has 4 nitrogen and oxygen atoms in total. The maximum atomic E-state index is 9.14. The lowest BCUT2D eigenvalue weighted by Crippen LogP contribution is -2.36. The van der Waals surface area contributed by atoms with Crippen LogP contribution < -0.4 is 5.32 Å². The third-order valence-corrected chi connectivity index (χ3v) is 3.68. The van der Waals surface area contributed by atoms with Gasteiger partial charge in [-0.1, -0.05) is 25.4 Å². The topological polar surface area (TPSA) is 58.0 Å². The summed E-state index contributed by atoms with van der Waals surface area (Å²) in [5, 5.41) is 13.0. The van der Waals surface area contributed by atoms with E-state index in [0.29, 0.717) is 11.6 Å². The van der Waals surface area contributed by atoms with Crippen LogP contribution in [-0.2, 0) is 6.42 Å². The van der Waals surface area contributed by atoms with Gasteiger partial charge in [-0.3, -0.25) is 0 Å². The van der Waals surface area contributed by atoms with Crippen molar-refractivity contribution in [1.82, 2.24) is 9.97 Å². The van der Waals surface area contributed by atoms with E-state index in [1.807, 2.05) is 13.8 Å². The molecule has 1 aromatic heterocycles. The predicted octanol–water partition coefficient (Wildman–Crippen LogP) is 2.96. The molecule has 0 saturated heterocycles. The van der Waals surface area contributed by atoms with Gasteiger partial charge in [-0.25, -0.2) is 9.97 Å². The molecule has 1 rings (SSSR count). The molecule has 0 radical (unpaired) electrons. The third kappa shape index (κ3) is 3.56. The Balaban J connectivity index is 3.05. The van der Waals surface area contributed by atoms with Crippen molar-refractivity contribution in [3.05, 3.63) is 16.5 Å². The van der Waals surface area contributed by atoms with Gasteiger partial charge in [-0.05, 0) is 26.7 Å². The van der Waals surface area contributed by atoms with Crippen LogP contribution in [0.5, 0.6) is 0 Å². The first-order valence-corrected chi connectivity index (χ1v) is 6.75. The van der Waals surface area contributed by atoms with Crippen LogP contribution in [0.1, 0.15) is 45.0 Å². The number of nitrogens with zero attached hydrogens (tertiary/aromatic N) is 2. The number of aliphatic hydroxyl groups excluding tert-OH is 1. The zero-order valence-electron chi connectivity index (χ0n) is 11.5. The fourth-order valence-electron chi connectivity index (χ4n) is 1.67. The highest BCUT2D eigenvalue weighted by atomic mass is 35.5. The highest BCUT2D eigenvalue weighted by Crippen LogP contribution is 2.26. The summed E-state index contributed by atoms with van der Waals surface area (Å²) in [5.41, 5.74) is 0.675. The van der Waals surface area contributed by atoms with Crippen molar-refractivity contribution in [3.8, 4) is 0 Å². The third-order valence-electron chi connectivity index (χ3n) is 3.31. The first-order chi connectivity index (χ1) is 8.45. The lowest BCUT2D eigenvalue weighted by molar-refractivity contribution is 0.251. The van der Waals surface area contributed by atoms with Crippen molar-refractivity contribution in [2.75, 3.05) is 11.9 Å². The molecule has 0 fully saturated rings. The van der Waals surface area contributed by atoms with Crippen LogP contribution >= 0.6 is 11.6 Å². The van der Waals surface area contributed by atoms with Gasteiger partial charge in [0.15, 0.2) is 0 Å². The maximum absolute atomic E-state index is 9.14.